The molecule has 0 bridgehead atoms. The number of methoxy groups -OCH3 is 3. The molecule has 1 aliphatic rings. The second-order valence-electron chi connectivity index (χ2n) is 13.1. The Bertz CT molecular complexity index is 2050. The van der Waals surface area contributed by atoms with Crippen LogP contribution in [-0.2, 0) is 0 Å². The van der Waals surface area contributed by atoms with Crippen LogP contribution in [0.1, 0.15) is 59.5 Å². The number of ketones is 2. The standard InChI is InChI=1S/C41H40O6Si/c1-25-33(34-26(2)39(45-7)30-22-16-23-31(44-6)36(30)40(34)46-8)38(43)35-29(37(25)42)21-15-24-32(35)47-48(41(3,4)5,27-17-11-9-12-18-27)28-19-13-10-14-20-28/h9-24H,1-8H3. The lowest BCUT2D eigenvalue weighted by Crippen LogP contribution is -2.69. The Labute approximate surface area is 283 Å². The van der Waals surface area contributed by atoms with Gasteiger partial charge in [0.2, 0.25) is 0 Å². The molecule has 0 heterocycles. The summed E-state index contributed by atoms with van der Waals surface area (Å²) in [7, 11) is 1.59. The average molecular weight is 657 g/mol. The fraction of sp³-hybridized carbons (Fsp3) is 0.220. The van der Waals surface area contributed by atoms with Crippen LogP contribution < -0.4 is 29.0 Å². The number of benzene rings is 5. The van der Waals surface area contributed by atoms with Gasteiger partial charge in [-0.1, -0.05) is 106 Å². The largest absolute Gasteiger partial charge is 0.533 e. The molecule has 6 rings (SSSR count). The Morgan fingerprint density at radius 3 is 1.69 bits per heavy atom. The summed E-state index contributed by atoms with van der Waals surface area (Å²) in [4.78, 5) is 29.4. The molecule has 48 heavy (non-hydrogen) atoms. The van der Waals surface area contributed by atoms with E-state index >= 15 is 4.79 Å². The van der Waals surface area contributed by atoms with Crippen molar-refractivity contribution in [2.45, 2.75) is 39.7 Å². The summed E-state index contributed by atoms with van der Waals surface area (Å²) >= 11 is 0. The van der Waals surface area contributed by atoms with Crippen molar-refractivity contribution < 1.29 is 28.2 Å². The molecule has 0 N–H and O–H groups in total. The number of ether oxygens (including phenoxy) is 3. The van der Waals surface area contributed by atoms with Crippen molar-refractivity contribution in [1.82, 2.24) is 0 Å². The van der Waals surface area contributed by atoms with Gasteiger partial charge in [-0.15, -0.1) is 0 Å². The minimum Gasteiger partial charge on any atom is -0.533 e. The molecule has 7 heteroatoms. The Hall–Kier alpha value is -5.14. The highest BCUT2D eigenvalue weighted by atomic mass is 28.4. The van der Waals surface area contributed by atoms with Crippen LogP contribution in [0.4, 0.5) is 0 Å². The molecule has 1 aliphatic carbocycles. The van der Waals surface area contributed by atoms with E-state index in [1.807, 2.05) is 67.6 Å². The van der Waals surface area contributed by atoms with E-state index in [-0.39, 0.29) is 27.7 Å². The van der Waals surface area contributed by atoms with Crippen LogP contribution in [0.5, 0.6) is 23.0 Å². The first kappa shape index (κ1) is 32.8. The monoisotopic (exact) mass is 656 g/mol. The number of allylic oxidation sites excluding steroid dienone is 2. The van der Waals surface area contributed by atoms with Crippen molar-refractivity contribution in [1.29, 1.82) is 0 Å². The summed E-state index contributed by atoms with van der Waals surface area (Å²) in [6.07, 6.45) is 0. The highest BCUT2D eigenvalue weighted by Gasteiger charge is 2.53. The summed E-state index contributed by atoms with van der Waals surface area (Å²) in [6.45, 7) is 10.1. The molecule has 0 unspecified atom stereocenters. The molecule has 0 radical (unpaired) electrons. The lowest BCUT2D eigenvalue weighted by atomic mass is 9.79. The minimum absolute atomic E-state index is 0.243. The first-order valence-corrected chi connectivity index (χ1v) is 17.9. The molecule has 0 atom stereocenters. The fourth-order valence-electron chi connectivity index (χ4n) is 7.27. The number of Topliss-reactive ketones (excluding diaryl/α,β-unsaturated/α-hetero) is 2. The summed E-state index contributed by atoms with van der Waals surface area (Å²) < 4.78 is 25.1. The SMILES string of the molecule is COc1c(C)c(C2=C(C)C(=O)c3cccc(O[Si](c4ccccc4)(c4ccccc4)C(C)(C)C)c3C2=O)c(OC)c2c(OC)cccc12. The molecule has 0 aromatic heterocycles. The van der Waals surface area contributed by atoms with Gasteiger partial charge in [0, 0.05) is 33.2 Å². The Morgan fingerprint density at radius 1 is 0.583 bits per heavy atom. The van der Waals surface area contributed by atoms with Gasteiger partial charge in [-0.25, -0.2) is 0 Å². The molecule has 244 valence electrons. The van der Waals surface area contributed by atoms with Gasteiger partial charge >= 0.3 is 8.32 Å². The second kappa shape index (κ2) is 12.5. The Balaban J connectivity index is 1.64. The van der Waals surface area contributed by atoms with E-state index in [0.717, 1.165) is 15.8 Å². The third-order valence-corrected chi connectivity index (χ3v) is 14.4. The van der Waals surface area contributed by atoms with Crippen LogP contribution in [0, 0.1) is 6.92 Å². The maximum atomic E-state index is 15.1. The van der Waals surface area contributed by atoms with Crippen LogP contribution in [0.15, 0.2) is 103 Å². The topological polar surface area (TPSA) is 71.1 Å². The lowest BCUT2D eigenvalue weighted by Gasteiger charge is -2.43. The molecular formula is C41H40O6Si. The highest BCUT2D eigenvalue weighted by Crippen LogP contribution is 2.50. The van der Waals surface area contributed by atoms with Crippen molar-refractivity contribution >= 4 is 46.6 Å². The predicted molar refractivity (Wildman–Crippen MR) is 194 cm³/mol. The summed E-state index contributed by atoms with van der Waals surface area (Å²) in [5.41, 5.74) is 2.32. The van der Waals surface area contributed by atoms with Gasteiger partial charge in [0.1, 0.15) is 23.0 Å². The van der Waals surface area contributed by atoms with Crippen molar-refractivity contribution in [2.75, 3.05) is 21.3 Å². The second-order valence-corrected chi connectivity index (χ2v) is 17.3. The van der Waals surface area contributed by atoms with Gasteiger partial charge in [-0.05, 0) is 41.4 Å². The maximum Gasteiger partial charge on any atom is 0.319 e. The molecule has 0 fully saturated rings. The zero-order chi connectivity index (χ0) is 34.4. The first-order chi connectivity index (χ1) is 23.0. The van der Waals surface area contributed by atoms with Gasteiger partial charge in [0.25, 0.3) is 0 Å². The van der Waals surface area contributed by atoms with Crippen molar-refractivity contribution in [3.05, 3.63) is 125 Å². The van der Waals surface area contributed by atoms with Gasteiger partial charge < -0.3 is 18.6 Å². The molecule has 5 aromatic carbocycles. The van der Waals surface area contributed by atoms with Crippen molar-refractivity contribution in [3.8, 4) is 23.0 Å². The molecule has 0 saturated carbocycles. The minimum atomic E-state index is -3.15. The van der Waals surface area contributed by atoms with E-state index in [0.29, 0.717) is 50.6 Å². The third-order valence-electron chi connectivity index (χ3n) is 9.44. The zero-order valence-corrected chi connectivity index (χ0v) is 29.7. The van der Waals surface area contributed by atoms with Gasteiger partial charge in [0.15, 0.2) is 11.6 Å². The third kappa shape index (κ3) is 4.92. The molecule has 6 nitrogen and oxygen atoms in total. The molecule has 0 spiro atoms. The van der Waals surface area contributed by atoms with Crippen LogP contribution in [0.25, 0.3) is 16.3 Å². The lowest BCUT2D eigenvalue weighted by molar-refractivity contribution is 0.0990. The number of rotatable bonds is 8. The summed E-state index contributed by atoms with van der Waals surface area (Å²) in [5.74, 6) is 1.40. The number of hydrogen-bond donors (Lipinski definition) is 0. The Kier molecular flexibility index (Phi) is 8.52. The fourth-order valence-corrected chi connectivity index (χ4v) is 11.7. The molecule has 0 amide bonds. The summed E-state index contributed by atoms with van der Waals surface area (Å²) in [5, 5.41) is 3.19. The van der Waals surface area contributed by atoms with E-state index in [1.165, 1.54) is 0 Å². The van der Waals surface area contributed by atoms with Crippen LogP contribution in [0.3, 0.4) is 0 Å². The number of fused-ring (bicyclic) bond motifs is 2. The van der Waals surface area contributed by atoms with Gasteiger partial charge in [0.05, 0.1) is 32.3 Å². The van der Waals surface area contributed by atoms with E-state index in [2.05, 4.69) is 45.0 Å². The molecular weight excluding hydrogens is 617 g/mol. The van der Waals surface area contributed by atoms with Gasteiger partial charge in [-0.3, -0.25) is 9.59 Å². The molecule has 0 aliphatic heterocycles. The van der Waals surface area contributed by atoms with Crippen LogP contribution in [0.2, 0.25) is 5.04 Å². The normalized spacial score (nSPS) is 13.4. The number of carbonyl (C=O) groups excluding carboxylic acids is 2. The van der Waals surface area contributed by atoms with E-state index in [9.17, 15) is 4.79 Å². The number of hydrogen-bond acceptors (Lipinski definition) is 6. The van der Waals surface area contributed by atoms with E-state index in [1.54, 1.807) is 40.4 Å². The van der Waals surface area contributed by atoms with E-state index < -0.39 is 8.32 Å². The highest BCUT2D eigenvalue weighted by molar-refractivity contribution is 7.00. The van der Waals surface area contributed by atoms with Gasteiger partial charge in [-0.2, -0.15) is 0 Å². The van der Waals surface area contributed by atoms with Crippen LogP contribution >= 0.6 is 0 Å². The Morgan fingerprint density at radius 2 is 1.15 bits per heavy atom. The smallest absolute Gasteiger partial charge is 0.319 e. The van der Waals surface area contributed by atoms with Crippen molar-refractivity contribution in [3.63, 3.8) is 0 Å². The predicted octanol–water partition coefficient (Wildman–Crippen LogP) is 7.97. The molecule has 5 aromatic rings. The first-order valence-electron chi connectivity index (χ1n) is 16.0. The average Bonchev–Trinajstić information content (AvgIpc) is 3.09. The maximum absolute atomic E-state index is 15.1. The molecule has 0 saturated heterocycles. The van der Waals surface area contributed by atoms with Crippen molar-refractivity contribution in [2.24, 2.45) is 0 Å². The quantitative estimate of drug-likeness (QED) is 0.158. The summed E-state index contributed by atoms with van der Waals surface area (Å²) in [6, 6.07) is 31.4. The van der Waals surface area contributed by atoms with Crippen LogP contribution in [-0.4, -0.2) is 41.2 Å². The zero-order valence-electron chi connectivity index (χ0n) is 28.7. The van der Waals surface area contributed by atoms with E-state index in [4.69, 9.17) is 18.6 Å². The number of carbonyl (C=O) groups is 2.